The maximum absolute atomic E-state index is 8.69. The Morgan fingerprint density at radius 3 is 1.47 bits per heavy atom. The Labute approximate surface area is 209 Å². The fraction of sp³-hybridized carbons (Fsp3) is 0.273. The van der Waals surface area contributed by atoms with Gasteiger partial charge in [0.15, 0.2) is 11.9 Å². The molecule has 0 aliphatic rings. The molecule has 2 aromatic rings. The van der Waals surface area contributed by atoms with Crippen molar-refractivity contribution in [3.8, 4) is 0 Å². The number of nitrogens with one attached hydrogen (secondary N) is 2. The molecule has 0 saturated heterocycles. The van der Waals surface area contributed by atoms with Gasteiger partial charge in [0, 0.05) is 21.4 Å². The van der Waals surface area contributed by atoms with Gasteiger partial charge in [-0.2, -0.15) is 9.98 Å². The summed E-state index contributed by atoms with van der Waals surface area (Å²) in [6.45, 7) is 2.09. The van der Waals surface area contributed by atoms with Crippen molar-refractivity contribution in [2.24, 2.45) is 32.9 Å². The van der Waals surface area contributed by atoms with E-state index in [1.165, 1.54) is 0 Å². The molecule has 0 radical (unpaired) electrons. The van der Waals surface area contributed by atoms with Crippen LogP contribution in [0.4, 0.5) is 11.4 Å². The lowest BCUT2D eigenvalue weighted by atomic mass is 10.1. The van der Waals surface area contributed by atoms with Gasteiger partial charge in [-0.15, -0.1) is 0 Å². The van der Waals surface area contributed by atoms with Crippen LogP contribution in [-0.2, 0) is 0 Å². The number of unbranched alkanes of at least 4 members (excludes halogenated alkanes) is 2. The standard InChI is InChI=1S/C22H30Cl2N10/c1-2-3-4-5-18(33(21(29)31-19(25)26)16-10-6-14(23)7-11-16)34(22(30)32-20(27)28)17-12-8-15(24)9-13-17/h6-13,18H,2-5H2,1H3,(H5,25,26,29,31)(H5,27,28,30,32). The SMILES string of the molecule is CCCCCC(N(C(=N)N=C(N)N)c1ccc(Cl)cc1)N(C(=N)N=C(N)N)c1ccc(Cl)cc1. The van der Waals surface area contributed by atoms with Crippen LogP contribution in [0.1, 0.15) is 32.6 Å². The van der Waals surface area contributed by atoms with E-state index in [4.69, 9.17) is 57.0 Å². The van der Waals surface area contributed by atoms with E-state index in [1.807, 2.05) is 0 Å². The van der Waals surface area contributed by atoms with E-state index < -0.39 is 6.17 Å². The molecule has 10 nitrogen and oxygen atoms in total. The molecule has 12 heteroatoms. The highest BCUT2D eigenvalue weighted by Crippen LogP contribution is 2.30. The van der Waals surface area contributed by atoms with Crippen molar-refractivity contribution in [1.29, 1.82) is 10.8 Å². The Balaban J connectivity index is 2.73. The molecule has 0 unspecified atom stereocenters. The Kier molecular flexibility index (Phi) is 9.96. The molecule has 0 bridgehead atoms. The molecule has 34 heavy (non-hydrogen) atoms. The van der Waals surface area contributed by atoms with Gasteiger partial charge < -0.3 is 22.9 Å². The van der Waals surface area contributed by atoms with E-state index in [0.29, 0.717) is 27.8 Å². The summed E-state index contributed by atoms with van der Waals surface area (Å²) in [6, 6.07) is 13.8. The highest BCUT2D eigenvalue weighted by Gasteiger charge is 2.32. The first-order valence-corrected chi connectivity index (χ1v) is 11.4. The minimum absolute atomic E-state index is 0.222. The molecule has 0 aromatic heterocycles. The first-order chi connectivity index (χ1) is 16.1. The van der Waals surface area contributed by atoms with E-state index in [9.17, 15) is 0 Å². The number of halogens is 2. The lowest BCUT2D eigenvalue weighted by Gasteiger charge is -2.40. The number of hydrogen-bond donors (Lipinski definition) is 6. The summed E-state index contributed by atoms with van der Waals surface area (Å²) in [4.78, 5) is 11.2. The van der Waals surface area contributed by atoms with Crippen molar-refractivity contribution >= 4 is 58.4 Å². The second-order valence-corrected chi connectivity index (χ2v) is 8.26. The summed E-state index contributed by atoms with van der Waals surface area (Å²) >= 11 is 12.2. The van der Waals surface area contributed by atoms with E-state index in [-0.39, 0.29) is 23.8 Å². The molecule has 0 atom stereocenters. The lowest BCUT2D eigenvalue weighted by Crippen LogP contribution is -2.54. The maximum Gasteiger partial charge on any atom is 0.227 e. The van der Waals surface area contributed by atoms with Gasteiger partial charge in [-0.05, 0) is 61.4 Å². The number of hydrogen-bond acceptors (Lipinski definition) is 2. The van der Waals surface area contributed by atoms with Crippen molar-refractivity contribution < 1.29 is 0 Å². The van der Waals surface area contributed by atoms with E-state index in [0.717, 1.165) is 19.3 Å². The zero-order chi connectivity index (χ0) is 25.3. The molecule has 0 saturated carbocycles. The van der Waals surface area contributed by atoms with Crippen LogP contribution in [0.3, 0.4) is 0 Å². The summed E-state index contributed by atoms with van der Waals surface area (Å²) in [6.07, 6.45) is 2.60. The van der Waals surface area contributed by atoms with Gasteiger partial charge in [-0.3, -0.25) is 20.6 Å². The predicted octanol–water partition coefficient (Wildman–Crippen LogP) is 3.63. The number of anilines is 2. The fourth-order valence-electron chi connectivity index (χ4n) is 3.38. The van der Waals surface area contributed by atoms with Crippen LogP contribution in [-0.4, -0.2) is 30.0 Å². The number of nitrogens with zero attached hydrogens (tertiary/aromatic N) is 4. The Bertz CT molecular complexity index is 947. The molecule has 0 heterocycles. The summed E-state index contributed by atoms with van der Waals surface area (Å²) in [5, 5.41) is 18.4. The molecule has 0 amide bonds. The van der Waals surface area contributed by atoms with Crippen LogP contribution in [0.5, 0.6) is 0 Å². The molecule has 182 valence electrons. The molecule has 0 aliphatic carbocycles. The van der Waals surface area contributed by atoms with Crippen LogP contribution < -0.4 is 32.7 Å². The van der Waals surface area contributed by atoms with Crippen molar-refractivity contribution in [3.05, 3.63) is 58.6 Å². The highest BCUT2D eigenvalue weighted by atomic mass is 35.5. The topological polar surface area (TPSA) is 183 Å². The van der Waals surface area contributed by atoms with Gasteiger partial charge in [0.25, 0.3) is 0 Å². The summed E-state index contributed by atoms with van der Waals surface area (Å²) in [5.74, 6) is -0.984. The molecule has 0 fully saturated rings. The third-order valence-corrected chi connectivity index (χ3v) is 5.30. The molecule has 0 aliphatic heterocycles. The van der Waals surface area contributed by atoms with Crippen LogP contribution in [0, 0.1) is 10.8 Å². The van der Waals surface area contributed by atoms with Gasteiger partial charge in [-0.1, -0.05) is 43.0 Å². The molecular weight excluding hydrogens is 475 g/mol. The average Bonchev–Trinajstić information content (AvgIpc) is 2.75. The quantitative estimate of drug-likeness (QED) is 0.138. The highest BCUT2D eigenvalue weighted by molar-refractivity contribution is 6.31. The average molecular weight is 505 g/mol. The van der Waals surface area contributed by atoms with Crippen molar-refractivity contribution in [3.63, 3.8) is 0 Å². The Morgan fingerprint density at radius 1 is 0.765 bits per heavy atom. The maximum atomic E-state index is 8.69. The minimum Gasteiger partial charge on any atom is -0.370 e. The van der Waals surface area contributed by atoms with Crippen molar-refractivity contribution in [2.45, 2.75) is 38.8 Å². The smallest absolute Gasteiger partial charge is 0.227 e. The number of nitrogens with two attached hydrogens (primary N) is 4. The van der Waals surface area contributed by atoms with Gasteiger partial charge in [0.2, 0.25) is 11.9 Å². The third-order valence-electron chi connectivity index (χ3n) is 4.80. The molecular formula is C22H30Cl2N10. The van der Waals surface area contributed by atoms with Gasteiger partial charge in [0.1, 0.15) is 6.17 Å². The van der Waals surface area contributed by atoms with Crippen molar-refractivity contribution in [2.75, 3.05) is 9.80 Å². The lowest BCUT2D eigenvalue weighted by molar-refractivity contribution is 0.563. The largest absolute Gasteiger partial charge is 0.370 e. The van der Waals surface area contributed by atoms with E-state index >= 15 is 0 Å². The zero-order valence-corrected chi connectivity index (χ0v) is 20.4. The van der Waals surface area contributed by atoms with Crippen LogP contribution in [0.15, 0.2) is 58.5 Å². The Hall–Kier alpha value is -3.50. The third kappa shape index (κ3) is 7.53. The van der Waals surface area contributed by atoms with Gasteiger partial charge in [-0.25, -0.2) is 0 Å². The second kappa shape index (κ2) is 12.7. The number of benzene rings is 2. The summed E-state index contributed by atoms with van der Waals surface area (Å²) in [7, 11) is 0. The first-order valence-electron chi connectivity index (χ1n) is 10.6. The normalized spacial score (nSPS) is 11.3. The van der Waals surface area contributed by atoms with Crippen LogP contribution >= 0.6 is 23.2 Å². The molecule has 10 N–H and O–H groups in total. The van der Waals surface area contributed by atoms with Crippen LogP contribution in [0.25, 0.3) is 0 Å². The van der Waals surface area contributed by atoms with Gasteiger partial charge >= 0.3 is 0 Å². The van der Waals surface area contributed by atoms with E-state index in [1.54, 1.807) is 58.3 Å². The summed E-state index contributed by atoms with van der Waals surface area (Å²) < 4.78 is 0. The monoisotopic (exact) mass is 504 g/mol. The summed E-state index contributed by atoms with van der Waals surface area (Å²) in [5.41, 5.74) is 23.6. The second-order valence-electron chi connectivity index (χ2n) is 7.39. The van der Waals surface area contributed by atoms with Crippen LogP contribution in [0.2, 0.25) is 10.0 Å². The predicted molar refractivity (Wildman–Crippen MR) is 143 cm³/mol. The first kappa shape index (κ1) is 26.7. The zero-order valence-electron chi connectivity index (χ0n) is 18.9. The number of rotatable bonds is 8. The molecule has 2 aromatic carbocycles. The van der Waals surface area contributed by atoms with Gasteiger partial charge in [0.05, 0.1) is 0 Å². The van der Waals surface area contributed by atoms with Crippen molar-refractivity contribution in [1.82, 2.24) is 0 Å². The minimum atomic E-state index is -0.639. The number of aliphatic imine (C=N–C) groups is 2. The Morgan fingerprint density at radius 2 is 1.15 bits per heavy atom. The fourth-order valence-corrected chi connectivity index (χ4v) is 3.63. The molecule has 2 rings (SSSR count). The van der Waals surface area contributed by atoms with E-state index in [2.05, 4.69) is 16.9 Å². The number of guanidine groups is 4. The molecule has 0 spiro atoms.